The highest BCUT2D eigenvalue weighted by Gasteiger charge is 2.14. The number of carbonyl (C=O) groups is 1. The molecule has 0 aromatic heterocycles. The zero-order valence-electron chi connectivity index (χ0n) is 6.80. The lowest BCUT2D eigenvalue weighted by Crippen LogP contribution is -2.07. The van der Waals surface area contributed by atoms with Gasteiger partial charge in [0.05, 0.1) is 10.6 Å². The second kappa shape index (κ2) is 3.60. The van der Waals surface area contributed by atoms with Crippen LogP contribution in [0.2, 0.25) is 0 Å². The van der Waals surface area contributed by atoms with Crippen molar-refractivity contribution in [2.45, 2.75) is 0 Å². The Kier molecular flexibility index (Phi) is 2.52. The minimum Gasteiger partial charge on any atom is -0.502 e. The van der Waals surface area contributed by atoms with Crippen molar-refractivity contribution >= 4 is 17.5 Å². The van der Waals surface area contributed by atoms with Crippen LogP contribution < -0.4 is 5.32 Å². The van der Waals surface area contributed by atoms with Gasteiger partial charge in [-0.25, -0.2) is 4.79 Å². The molecular formula is C7H6N2O5. The van der Waals surface area contributed by atoms with Crippen molar-refractivity contribution in [3.8, 4) is 5.75 Å². The number of amides is 1. The second-order valence-electron chi connectivity index (χ2n) is 2.39. The van der Waals surface area contributed by atoms with E-state index in [-0.39, 0.29) is 5.69 Å². The number of hydrogen-bond donors (Lipinski definition) is 3. The molecule has 1 rings (SSSR count). The third kappa shape index (κ3) is 2.09. The summed E-state index contributed by atoms with van der Waals surface area (Å²) in [5.74, 6) is -0.508. The Morgan fingerprint density at radius 1 is 1.50 bits per heavy atom. The first-order valence-corrected chi connectivity index (χ1v) is 3.48. The van der Waals surface area contributed by atoms with E-state index in [0.29, 0.717) is 0 Å². The SMILES string of the molecule is O=C(O)Nc1ccc(O)c([N+](=O)[O-])c1. The maximum Gasteiger partial charge on any atom is 0.409 e. The number of aromatic hydroxyl groups is 1. The molecule has 1 amide bonds. The van der Waals surface area contributed by atoms with E-state index in [2.05, 4.69) is 0 Å². The first kappa shape index (κ1) is 9.78. The molecule has 0 aliphatic rings. The zero-order valence-corrected chi connectivity index (χ0v) is 6.80. The summed E-state index contributed by atoms with van der Waals surface area (Å²) >= 11 is 0. The lowest BCUT2D eigenvalue weighted by atomic mass is 10.2. The topological polar surface area (TPSA) is 113 Å². The van der Waals surface area contributed by atoms with Crippen molar-refractivity contribution < 1.29 is 19.9 Å². The van der Waals surface area contributed by atoms with E-state index in [4.69, 9.17) is 10.2 Å². The third-order valence-electron chi connectivity index (χ3n) is 1.42. The molecule has 1 aromatic rings. The number of nitro benzene ring substituents is 1. The predicted octanol–water partition coefficient (Wildman–Crippen LogP) is 1.39. The van der Waals surface area contributed by atoms with E-state index < -0.39 is 22.5 Å². The van der Waals surface area contributed by atoms with Crippen molar-refractivity contribution in [2.24, 2.45) is 0 Å². The van der Waals surface area contributed by atoms with Crippen molar-refractivity contribution in [1.29, 1.82) is 0 Å². The van der Waals surface area contributed by atoms with Gasteiger partial charge < -0.3 is 10.2 Å². The molecule has 0 saturated heterocycles. The molecule has 0 heterocycles. The minimum atomic E-state index is -1.33. The Morgan fingerprint density at radius 2 is 2.14 bits per heavy atom. The van der Waals surface area contributed by atoms with Crippen LogP contribution in [-0.4, -0.2) is 21.2 Å². The standard InChI is InChI=1S/C7H6N2O5/c10-6-2-1-4(8-7(11)12)3-5(6)9(13)14/h1-3,8,10H,(H,11,12). The summed E-state index contributed by atoms with van der Waals surface area (Å²) in [6.45, 7) is 0. The average molecular weight is 198 g/mol. The molecule has 0 saturated carbocycles. The fourth-order valence-electron chi connectivity index (χ4n) is 0.871. The van der Waals surface area contributed by atoms with Crippen LogP contribution in [0.3, 0.4) is 0 Å². The lowest BCUT2D eigenvalue weighted by molar-refractivity contribution is -0.385. The molecule has 3 N–H and O–H groups in total. The van der Waals surface area contributed by atoms with Gasteiger partial charge in [0.2, 0.25) is 0 Å². The van der Waals surface area contributed by atoms with Gasteiger partial charge in [-0.15, -0.1) is 0 Å². The van der Waals surface area contributed by atoms with Crippen molar-refractivity contribution in [3.63, 3.8) is 0 Å². The van der Waals surface area contributed by atoms with Gasteiger partial charge in [-0.2, -0.15) is 0 Å². The average Bonchev–Trinajstić information content (AvgIpc) is 2.07. The molecule has 0 unspecified atom stereocenters. The maximum atomic E-state index is 10.3. The molecule has 7 nitrogen and oxygen atoms in total. The van der Waals surface area contributed by atoms with Gasteiger partial charge in [-0.05, 0) is 12.1 Å². The summed E-state index contributed by atoms with van der Waals surface area (Å²) in [4.78, 5) is 19.7. The van der Waals surface area contributed by atoms with Gasteiger partial charge in [0, 0.05) is 6.07 Å². The van der Waals surface area contributed by atoms with Gasteiger partial charge in [0.25, 0.3) is 0 Å². The Hall–Kier alpha value is -2.31. The van der Waals surface area contributed by atoms with Crippen molar-refractivity contribution in [2.75, 3.05) is 5.32 Å². The van der Waals surface area contributed by atoms with E-state index in [9.17, 15) is 14.9 Å². The number of phenolic OH excluding ortho intramolecular Hbond substituents is 1. The van der Waals surface area contributed by atoms with Crippen molar-refractivity contribution in [3.05, 3.63) is 28.3 Å². The number of carboxylic acid groups (broad SMARTS) is 1. The predicted molar refractivity (Wildman–Crippen MR) is 46.4 cm³/mol. The minimum absolute atomic E-state index is 0.0296. The largest absolute Gasteiger partial charge is 0.502 e. The van der Waals surface area contributed by atoms with Crippen LogP contribution in [0.1, 0.15) is 0 Å². The van der Waals surface area contributed by atoms with Crippen LogP contribution >= 0.6 is 0 Å². The Balaban J connectivity index is 3.06. The fourth-order valence-corrected chi connectivity index (χ4v) is 0.871. The normalized spacial score (nSPS) is 9.43. The molecule has 0 aliphatic heterocycles. The van der Waals surface area contributed by atoms with E-state index >= 15 is 0 Å². The Labute approximate surface area is 77.7 Å². The number of nitrogens with zero attached hydrogens (tertiary/aromatic N) is 1. The maximum absolute atomic E-state index is 10.3. The molecule has 0 bridgehead atoms. The summed E-state index contributed by atoms with van der Waals surface area (Å²) in [6.07, 6.45) is -1.33. The van der Waals surface area contributed by atoms with Crippen LogP contribution in [0.5, 0.6) is 5.75 Å². The summed E-state index contributed by atoms with van der Waals surface area (Å²) in [5, 5.41) is 29.6. The molecule has 0 atom stereocenters. The molecule has 0 spiro atoms. The highest BCUT2D eigenvalue weighted by atomic mass is 16.6. The molecule has 7 heteroatoms. The number of hydrogen-bond acceptors (Lipinski definition) is 4. The van der Waals surface area contributed by atoms with Crippen molar-refractivity contribution in [1.82, 2.24) is 0 Å². The smallest absolute Gasteiger partial charge is 0.409 e. The summed E-state index contributed by atoms with van der Waals surface area (Å²) < 4.78 is 0. The number of nitro groups is 1. The molecule has 0 fully saturated rings. The van der Waals surface area contributed by atoms with Crippen LogP contribution in [0.25, 0.3) is 0 Å². The number of nitrogens with one attached hydrogen (secondary N) is 1. The Bertz CT molecular complexity index is 390. The third-order valence-corrected chi connectivity index (χ3v) is 1.42. The van der Waals surface area contributed by atoms with E-state index in [0.717, 1.165) is 12.1 Å². The van der Waals surface area contributed by atoms with E-state index in [1.54, 1.807) is 0 Å². The monoisotopic (exact) mass is 198 g/mol. The van der Waals surface area contributed by atoms with E-state index in [1.165, 1.54) is 6.07 Å². The van der Waals surface area contributed by atoms with Gasteiger partial charge in [0.15, 0.2) is 5.75 Å². The molecule has 14 heavy (non-hydrogen) atoms. The molecule has 1 aromatic carbocycles. The number of anilines is 1. The number of benzene rings is 1. The molecule has 74 valence electrons. The molecule has 0 radical (unpaired) electrons. The molecular weight excluding hydrogens is 192 g/mol. The van der Waals surface area contributed by atoms with Crippen LogP contribution in [-0.2, 0) is 0 Å². The highest BCUT2D eigenvalue weighted by molar-refractivity contribution is 5.83. The zero-order chi connectivity index (χ0) is 10.7. The van der Waals surface area contributed by atoms with E-state index in [1.807, 2.05) is 5.32 Å². The van der Waals surface area contributed by atoms with Crippen LogP contribution in [0.4, 0.5) is 16.2 Å². The summed E-state index contributed by atoms with van der Waals surface area (Å²) in [6, 6.07) is 3.20. The van der Waals surface area contributed by atoms with Crippen LogP contribution in [0.15, 0.2) is 18.2 Å². The second-order valence-corrected chi connectivity index (χ2v) is 2.39. The fraction of sp³-hybridized carbons (Fsp3) is 0. The molecule has 0 aliphatic carbocycles. The lowest BCUT2D eigenvalue weighted by Gasteiger charge is -2.00. The van der Waals surface area contributed by atoms with Gasteiger partial charge in [0.1, 0.15) is 0 Å². The van der Waals surface area contributed by atoms with Gasteiger partial charge in [-0.1, -0.05) is 0 Å². The van der Waals surface area contributed by atoms with Crippen LogP contribution in [0, 0.1) is 10.1 Å². The Morgan fingerprint density at radius 3 is 2.64 bits per heavy atom. The number of phenols is 1. The number of rotatable bonds is 2. The summed E-state index contributed by atoms with van der Waals surface area (Å²) in [7, 11) is 0. The summed E-state index contributed by atoms with van der Waals surface area (Å²) in [5.41, 5.74) is -0.516. The van der Waals surface area contributed by atoms with Gasteiger partial charge >= 0.3 is 11.8 Å². The van der Waals surface area contributed by atoms with Gasteiger partial charge in [-0.3, -0.25) is 15.4 Å². The first-order valence-electron chi connectivity index (χ1n) is 3.48. The quantitative estimate of drug-likeness (QED) is 0.377. The first-order chi connectivity index (χ1) is 6.50. The highest BCUT2D eigenvalue weighted by Crippen LogP contribution is 2.28.